The van der Waals surface area contributed by atoms with Crippen LogP contribution in [0, 0.1) is 5.41 Å². The van der Waals surface area contributed by atoms with E-state index in [0.717, 1.165) is 12.0 Å². The van der Waals surface area contributed by atoms with E-state index in [-0.39, 0.29) is 11.7 Å². The minimum absolute atomic E-state index is 0.0593. The quantitative estimate of drug-likeness (QED) is 0.503. The topological polar surface area (TPSA) is 37.4 Å². The molecule has 1 spiro atoms. The van der Waals surface area contributed by atoms with Crippen LogP contribution in [0.3, 0.4) is 0 Å². The van der Waals surface area contributed by atoms with E-state index in [1.54, 1.807) is 11.0 Å². The predicted molar refractivity (Wildman–Crippen MR) is 57.2 cm³/mol. The normalized spacial score (nSPS) is 30.7. The Labute approximate surface area is 89.4 Å². The molecule has 80 valence electrons. The van der Waals surface area contributed by atoms with Crippen molar-refractivity contribution in [3.8, 4) is 0 Å². The van der Waals surface area contributed by atoms with Crippen molar-refractivity contribution in [2.75, 3.05) is 13.1 Å². The molecule has 1 amide bonds. The zero-order valence-corrected chi connectivity index (χ0v) is 8.79. The number of nitrogens with zero attached hydrogens (tertiary/aromatic N) is 1. The van der Waals surface area contributed by atoms with Gasteiger partial charge in [-0.1, -0.05) is 12.7 Å². The van der Waals surface area contributed by atoms with E-state index < -0.39 is 5.41 Å². The molecule has 0 radical (unpaired) electrons. The summed E-state index contributed by atoms with van der Waals surface area (Å²) in [7, 11) is 0. The fourth-order valence-electron chi connectivity index (χ4n) is 2.63. The summed E-state index contributed by atoms with van der Waals surface area (Å²) < 4.78 is 0. The molecular formula is C12H15NO2. The average Bonchev–Trinajstić information content (AvgIpc) is 2.68. The van der Waals surface area contributed by atoms with E-state index in [9.17, 15) is 9.59 Å². The lowest BCUT2D eigenvalue weighted by Gasteiger charge is -2.20. The van der Waals surface area contributed by atoms with Gasteiger partial charge in [0.15, 0.2) is 5.78 Å². The Balaban J connectivity index is 2.34. The highest BCUT2D eigenvalue weighted by atomic mass is 16.2. The van der Waals surface area contributed by atoms with Gasteiger partial charge in [-0.3, -0.25) is 9.59 Å². The van der Waals surface area contributed by atoms with Crippen LogP contribution in [0.15, 0.2) is 24.8 Å². The van der Waals surface area contributed by atoms with E-state index in [1.165, 1.54) is 0 Å². The van der Waals surface area contributed by atoms with E-state index in [1.807, 2.05) is 0 Å². The van der Waals surface area contributed by atoms with Gasteiger partial charge in [-0.2, -0.15) is 0 Å². The molecule has 2 rings (SSSR count). The third-order valence-electron chi connectivity index (χ3n) is 3.42. The fourth-order valence-corrected chi connectivity index (χ4v) is 2.63. The zero-order chi connectivity index (χ0) is 11.1. The second-order valence-electron chi connectivity index (χ2n) is 4.26. The van der Waals surface area contributed by atoms with Crippen LogP contribution in [-0.4, -0.2) is 29.7 Å². The molecule has 2 fully saturated rings. The highest BCUT2D eigenvalue weighted by Gasteiger charge is 2.56. The molecule has 0 aromatic rings. The molecule has 1 aliphatic heterocycles. The number of carbonyl (C=O) groups is 2. The molecule has 0 aromatic heterocycles. The van der Waals surface area contributed by atoms with Gasteiger partial charge in [-0.05, 0) is 18.4 Å². The van der Waals surface area contributed by atoms with Crippen LogP contribution in [0.4, 0.5) is 0 Å². The zero-order valence-electron chi connectivity index (χ0n) is 8.79. The maximum atomic E-state index is 12.1. The van der Waals surface area contributed by atoms with E-state index >= 15 is 0 Å². The van der Waals surface area contributed by atoms with Gasteiger partial charge >= 0.3 is 0 Å². The van der Waals surface area contributed by atoms with Crippen LogP contribution in [0.2, 0.25) is 0 Å². The maximum Gasteiger partial charge on any atom is 0.241 e. The number of likely N-dealkylation sites (tertiary alicyclic amines) is 1. The van der Waals surface area contributed by atoms with Crippen molar-refractivity contribution in [2.24, 2.45) is 5.41 Å². The van der Waals surface area contributed by atoms with E-state index in [0.29, 0.717) is 25.9 Å². The van der Waals surface area contributed by atoms with Gasteiger partial charge in [0.2, 0.25) is 5.91 Å². The smallest absolute Gasteiger partial charge is 0.241 e. The summed E-state index contributed by atoms with van der Waals surface area (Å²) in [5, 5.41) is 0. The first-order valence-corrected chi connectivity index (χ1v) is 5.25. The molecule has 3 heteroatoms. The third-order valence-corrected chi connectivity index (χ3v) is 3.42. The van der Waals surface area contributed by atoms with Gasteiger partial charge in [0.05, 0.1) is 0 Å². The van der Waals surface area contributed by atoms with Crippen molar-refractivity contribution in [1.29, 1.82) is 0 Å². The van der Waals surface area contributed by atoms with Gasteiger partial charge in [-0.15, -0.1) is 6.58 Å². The summed E-state index contributed by atoms with van der Waals surface area (Å²) >= 11 is 0. The lowest BCUT2D eigenvalue weighted by Crippen LogP contribution is -2.37. The minimum atomic E-state index is -0.858. The Kier molecular flexibility index (Phi) is 2.25. The third kappa shape index (κ3) is 1.19. The first-order valence-electron chi connectivity index (χ1n) is 5.25. The van der Waals surface area contributed by atoms with Crippen molar-refractivity contribution >= 4 is 11.7 Å². The van der Waals surface area contributed by atoms with Crippen LogP contribution in [0.1, 0.15) is 19.3 Å². The molecule has 0 aromatic carbocycles. The van der Waals surface area contributed by atoms with Crippen molar-refractivity contribution in [2.45, 2.75) is 19.3 Å². The van der Waals surface area contributed by atoms with Gasteiger partial charge < -0.3 is 4.90 Å². The standard InChI is InChI=1S/C12H15NO2/c1-3-7-13-8-9(2)12(11(13)15)6-4-5-10(12)14/h3H,1-2,4-8H2/t12-/m1/s1. The molecule has 2 aliphatic rings. The van der Waals surface area contributed by atoms with Crippen LogP contribution in [0.5, 0.6) is 0 Å². The number of ketones is 1. The Morgan fingerprint density at radius 1 is 1.47 bits per heavy atom. The molecular weight excluding hydrogens is 190 g/mol. The second-order valence-corrected chi connectivity index (χ2v) is 4.26. The second kappa shape index (κ2) is 3.33. The molecule has 1 saturated heterocycles. The summed E-state index contributed by atoms with van der Waals surface area (Å²) in [6.07, 6.45) is 3.67. The predicted octanol–water partition coefficient (Wildman–Crippen LogP) is 1.31. The molecule has 1 atom stereocenters. The average molecular weight is 205 g/mol. The van der Waals surface area contributed by atoms with Crippen molar-refractivity contribution < 1.29 is 9.59 Å². The number of hydrogen-bond acceptors (Lipinski definition) is 2. The Morgan fingerprint density at radius 2 is 2.20 bits per heavy atom. The monoisotopic (exact) mass is 205 g/mol. The Bertz CT molecular complexity index is 359. The molecule has 3 nitrogen and oxygen atoms in total. The van der Waals surface area contributed by atoms with Crippen molar-refractivity contribution in [3.63, 3.8) is 0 Å². The summed E-state index contributed by atoms with van der Waals surface area (Å²) in [4.78, 5) is 25.6. The first-order chi connectivity index (χ1) is 7.13. The Morgan fingerprint density at radius 3 is 2.73 bits per heavy atom. The van der Waals surface area contributed by atoms with Crippen LogP contribution >= 0.6 is 0 Å². The lowest BCUT2D eigenvalue weighted by atomic mass is 9.80. The fraction of sp³-hybridized carbons (Fsp3) is 0.500. The lowest BCUT2D eigenvalue weighted by molar-refractivity contribution is -0.140. The highest BCUT2D eigenvalue weighted by Crippen LogP contribution is 2.46. The van der Waals surface area contributed by atoms with Gasteiger partial charge in [0.1, 0.15) is 5.41 Å². The van der Waals surface area contributed by atoms with Gasteiger partial charge in [0.25, 0.3) is 0 Å². The van der Waals surface area contributed by atoms with E-state index in [2.05, 4.69) is 13.2 Å². The molecule has 0 unspecified atom stereocenters. The summed E-state index contributed by atoms with van der Waals surface area (Å²) in [6.45, 7) is 8.53. The Hall–Kier alpha value is -1.38. The first kappa shape index (κ1) is 10.1. The highest BCUT2D eigenvalue weighted by molar-refractivity contribution is 6.12. The van der Waals surface area contributed by atoms with Crippen LogP contribution < -0.4 is 0 Å². The minimum Gasteiger partial charge on any atom is -0.334 e. The molecule has 1 aliphatic carbocycles. The maximum absolute atomic E-state index is 12.1. The SMILES string of the molecule is C=CCN1CC(=C)[C@@]2(CCCC2=O)C1=O. The van der Waals surface area contributed by atoms with Gasteiger partial charge in [0, 0.05) is 19.5 Å². The van der Waals surface area contributed by atoms with Crippen LogP contribution in [-0.2, 0) is 9.59 Å². The van der Waals surface area contributed by atoms with Crippen molar-refractivity contribution in [3.05, 3.63) is 24.8 Å². The molecule has 1 saturated carbocycles. The largest absolute Gasteiger partial charge is 0.334 e. The summed E-state index contributed by atoms with van der Waals surface area (Å²) in [6, 6.07) is 0. The molecule has 15 heavy (non-hydrogen) atoms. The summed E-state index contributed by atoms with van der Waals surface area (Å²) in [5.74, 6) is -0.000961. The number of hydrogen-bond donors (Lipinski definition) is 0. The number of carbonyl (C=O) groups excluding carboxylic acids is 2. The van der Waals surface area contributed by atoms with E-state index in [4.69, 9.17) is 0 Å². The summed E-state index contributed by atoms with van der Waals surface area (Å²) in [5.41, 5.74) is -0.0833. The van der Waals surface area contributed by atoms with Gasteiger partial charge in [-0.25, -0.2) is 0 Å². The van der Waals surface area contributed by atoms with Crippen molar-refractivity contribution in [1.82, 2.24) is 4.90 Å². The van der Waals surface area contributed by atoms with Crippen LogP contribution in [0.25, 0.3) is 0 Å². The molecule has 0 bridgehead atoms. The number of Topliss-reactive ketones (excluding diaryl/α,β-unsaturated/α-hetero) is 1. The molecule has 0 N–H and O–H groups in total. The number of rotatable bonds is 2. The molecule has 1 heterocycles. The number of amides is 1.